The van der Waals surface area contributed by atoms with Crippen LogP contribution in [0.25, 0.3) is 0 Å². The van der Waals surface area contributed by atoms with E-state index >= 15 is 0 Å². The Morgan fingerprint density at radius 3 is 2.50 bits per heavy atom. The number of amides is 2. The van der Waals surface area contributed by atoms with Crippen molar-refractivity contribution in [1.82, 2.24) is 15.3 Å². The van der Waals surface area contributed by atoms with Crippen LogP contribution in [0.5, 0.6) is 5.88 Å². The average molecular weight is 428 g/mol. The van der Waals surface area contributed by atoms with Crippen LogP contribution in [-0.2, 0) is 11.3 Å². The molecule has 0 bridgehead atoms. The number of alkyl halides is 3. The lowest BCUT2D eigenvalue weighted by Crippen LogP contribution is -2.24. The molecule has 162 valence electrons. The largest absolute Gasteiger partial charge is 0.466 e. The number of anilines is 1. The van der Waals surface area contributed by atoms with E-state index in [4.69, 9.17) is 0 Å². The quantitative estimate of drug-likeness (QED) is 0.660. The van der Waals surface area contributed by atoms with E-state index in [0.717, 1.165) is 12.3 Å². The van der Waals surface area contributed by atoms with Gasteiger partial charge in [-0.2, -0.15) is 13.2 Å². The maximum absolute atomic E-state index is 13.8. The van der Waals surface area contributed by atoms with Gasteiger partial charge < -0.3 is 15.4 Å². The third kappa shape index (κ3) is 6.98. The van der Waals surface area contributed by atoms with Gasteiger partial charge in [0, 0.05) is 29.9 Å². The first kappa shape index (κ1) is 23.0. The molecule has 30 heavy (non-hydrogen) atoms. The minimum Gasteiger partial charge on any atom is -0.466 e. The van der Waals surface area contributed by atoms with Crippen molar-refractivity contribution >= 4 is 17.6 Å². The summed E-state index contributed by atoms with van der Waals surface area (Å²) in [7, 11) is 0. The maximum atomic E-state index is 13.8. The molecule has 0 spiro atoms. The molecule has 11 heteroatoms. The van der Waals surface area contributed by atoms with Gasteiger partial charge in [-0.15, -0.1) is 0 Å². The highest BCUT2D eigenvalue weighted by molar-refractivity contribution is 5.97. The first-order valence-corrected chi connectivity index (χ1v) is 8.86. The standard InChI is InChI=1S/C19H20F4N4O3/c1-10(2)16(28)27-15-6-13(4-11(3)26-15)17(29)24-7-12-5-14(20)18(25-8-12)30-9-19(21,22)23/h4-6,8,10H,7,9H2,1-3H3,(H,24,29)(H,26,27,28). The number of hydrogen-bond donors (Lipinski definition) is 2. The molecule has 0 saturated carbocycles. The minimum absolute atomic E-state index is 0.128. The Balaban J connectivity index is 2.02. The molecule has 2 heterocycles. The lowest BCUT2D eigenvalue weighted by molar-refractivity contribution is -0.154. The number of nitrogens with zero attached hydrogens (tertiary/aromatic N) is 2. The topological polar surface area (TPSA) is 93.2 Å². The van der Waals surface area contributed by atoms with Gasteiger partial charge in [0.1, 0.15) is 5.82 Å². The Morgan fingerprint density at radius 1 is 1.20 bits per heavy atom. The van der Waals surface area contributed by atoms with Crippen LogP contribution in [0.1, 0.15) is 35.5 Å². The van der Waals surface area contributed by atoms with E-state index in [1.165, 1.54) is 12.1 Å². The van der Waals surface area contributed by atoms with Gasteiger partial charge in [0.15, 0.2) is 12.4 Å². The molecule has 0 aliphatic heterocycles. The van der Waals surface area contributed by atoms with Crippen LogP contribution in [0.4, 0.5) is 23.4 Å². The second kappa shape index (κ2) is 9.51. The molecule has 2 rings (SSSR count). The SMILES string of the molecule is Cc1cc(C(=O)NCc2cnc(OCC(F)(F)F)c(F)c2)cc(NC(=O)C(C)C)n1. The van der Waals surface area contributed by atoms with E-state index in [2.05, 4.69) is 25.3 Å². The summed E-state index contributed by atoms with van der Waals surface area (Å²) < 4.78 is 54.6. The molecule has 0 radical (unpaired) electrons. The van der Waals surface area contributed by atoms with Crippen LogP contribution in [-0.4, -0.2) is 34.6 Å². The van der Waals surface area contributed by atoms with E-state index in [9.17, 15) is 27.2 Å². The highest BCUT2D eigenvalue weighted by atomic mass is 19.4. The van der Waals surface area contributed by atoms with Crippen molar-refractivity contribution in [2.24, 2.45) is 5.92 Å². The summed E-state index contributed by atoms with van der Waals surface area (Å²) in [5.74, 6) is -2.68. The van der Waals surface area contributed by atoms with E-state index in [0.29, 0.717) is 5.69 Å². The Labute approximate surface area is 169 Å². The third-order valence-electron chi connectivity index (χ3n) is 3.68. The van der Waals surface area contributed by atoms with Crippen LogP contribution in [0.3, 0.4) is 0 Å². The monoisotopic (exact) mass is 428 g/mol. The summed E-state index contributed by atoms with van der Waals surface area (Å²) in [5, 5.41) is 5.15. The van der Waals surface area contributed by atoms with E-state index in [-0.39, 0.29) is 35.3 Å². The summed E-state index contributed by atoms with van der Waals surface area (Å²) in [6.07, 6.45) is -3.52. The van der Waals surface area contributed by atoms with Crippen LogP contribution in [0, 0.1) is 18.7 Å². The number of carbonyl (C=O) groups is 2. The molecule has 2 aromatic rings. The molecule has 0 atom stereocenters. The fraction of sp³-hybridized carbons (Fsp3) is 0.368. The zero-order chi connectivity index (χ0) is 22.5. The first-order valence-electron chi connectivity index (χ1n) is 8.86. The molecule has 0 unspecified atom stereocenters. The summed E-state index contributed by atoms with van der Waals surface area (Å²) in [6, 6.07) is 3.83. The first-order chi connectivity index (χ1) is 13.9. The predicted molar refractivity (Wildman–Crippen MR) is 99.4 cm³/mol. The van der Waals surface area contributed by atoms with Crippen molar-refractivity contribution in [3.8, 4) is 5.88 Å². The fourth-order valence-electron chi connectivity index (χ4n) is 2.24. The normalized spacial score (nSPS) is 11.3. The molecule has 2 amide bonds. The Kier molecular flexibility index (Phi) is 7.30. The van der Waals surface area contributed by atoms with Crippen LogP contribution < -0.4 is 15.4 Å². The zero-order valence-corrected chi connectivity index (χ0v) is 16.4. The number of rotatable bonds is 7. The molecular weight excluding hydrogens is 408 g/mol. The summed E-state index contributed by atoms with van der Waals surface area (Å²) >= 11 is 0. The molecule has 7 nitrogen and oxygen atoms in total. The van der Waals surface area contributed by atoms with Crippen molar-refractivity contribution in [3.63, 3.8) is 0 Å². The van der Waals surface area contributed by atoms with Crippen LogP contribution in [0.15, 0.2) is 24.4 Å². The predicted octanol–water partition coefficient (Wildman–Crippen LogP) is 3.39. The zero-order valence-electron chi connectivity index (χ0n) is 16.4. The van der Waals surface area contributed by atoms with Crippen molar-refractivity contribution in [1.29, 1.82) is 0 Å². The van der Waals surface area contributed by atoms with Gasteiger partial charge in [0.05, 0.1) is 0 Å². The Bertz CT molecular complexity index is 932. The second-order valence-corrected chi connectivity index (χ2v) is 6.74. The molecule has 0 aromatic carbocycles. The lowest BCUT2D eigenvalue weighted by Gasteiger charge is -2.11. The number of nitrogens with one attached hydrogen (secondary N) is 2. The van der Waals surface area contributed by atoms with Crippen molar-refractivity contribution in [2.75, 3.05) is 11.9 Å². The number of ether oxygens (including phenoxy) is 1. The number of aryl methyl sites for hydroxylation is 1. The van der Waals surface area contributed by atoms with Gasteiger partial charge in [-0.05, 0) is 30.7 Å². The third-order valence-corrected chi connectivity index (χ3v) is 3.68. The summed E-state index contributed by atoms with van der Waals surface area (Å²) in [6.45, 7) is 3.29. The highest BCUT2D eigenvalue weighted by Crippen LogP contribution is 2.20. The molecule has 0 aliphatic carbocycles. The van der Waals surface area contributed by atoms with Gasteiger partial charge in [0.2, 0.25) is 5.91 Å². The van der Waals surface area contributed by atoms with Crippen molar-refractivity contribution in [3.05, 3.63) is 47.0 Å². The fourth-order valence-corrected chi connectivity index (χ4v) is 2.24. The molecule has 0 fully saturated rings. The van der Waals surface area contributed by atoms with Gasteiger partial charge in [-0.25, -0.2) is 14.4 Å². The summed E-state index contributed by atoms with van der Waals surface area (Å²) in [4.78, 5) is 31.9. The van der Waals surface area contributed by atoms with Gasteiger partial charge in [-0.1, -0.05) is 13.8 Å². The average Bonchev–Trinajstić information content (AvgIpc) is 2.64. The molecule has 0 saturated heterocycles. The molecule has 2 aromatic heterocycles. The van der Waals surface area contributed by atoms with E-state index < -0.39 is 30.4 Å². The Hall–Kier alpha value is -3.24. The van der Waals surface area contributed by atoms with Gasteiger partial charge in [-0.3, -0.25) is 9.59 Å². The van der Waals surface area contributed by atoms with Crippen LogP contribution >= 0.6 is 0 Å². The lowest BCUT2D eigenvalue weighted by atomic mass is 10.2. The second-order valence-electron chi connectivity index (χ2n) is 6.74. The molecule has 2 N–H and O–H groups in total. The van der Waals surface area contributed by atoms with E-state index in [1.807, 2.05) is 0 Å². The minimum atomic E-state index is -4.61. The molecular formula is C19H20F4N4O3. The van der Waals surface area contributed by atoms with Gasteiger partial charge in [0.25, 0.3) is 11.8 Å². The number of aromatic nitrogens is 2. The number of carbonyl (C=O) groups excluding carboxylic acids is 2. The number of pyridine rings is 2. The van der Waals surface area contributed by atoms with Crippen molar-refractivity contribution in [2.45, 2.75) is 33.5 Å². The molecule has 0 aliphatic rings. The number of halogens is 4. The highest BCUT2D eigenvalue weighted by Gasteiger charge is 2.29. The maximum Gasteiger partial charge on any atom is 0.422 e. The van der Waals surface area contributed by atoms with Gasteiger partial charge >= 0.3 is 6.18 Å². The Morgan fingerprint density at radius 2 is 1.90 bits per heavy atom. The van der Waals surface area contributed by atoms with Crippen LogP contribution in [0.2, 0.25) is 0 Å². The number of hydrogen-bond acceptors (Lipinski definition) is 5. The smallest absolute Gasteiger partial charge is 0.422 e. The summed E-state index contributed by atoms with van der Waals surface area (Å²) in [5.41, 5.74) is 0.944. The van der Waals surface area contributed by atoms with E-state index in [1.54, 1.807) is 20.8 Å². The van der Waals surface area contributed by atoms with Crippen molar-refractivity contribution < 1.29 is 31.9 Å².